The van der Waals surface area contributed by atoms with E-state index >= 15 is 0 Å². The monoisotopic (exact) mass is 509 g/mol. The molecule has 2 aliphatic heterocycles. The van der Waals surface area contributed by atoms with E-state index in [0.717, 1.165) is 0 Å². The number of ether oxygens (including phenoxy) is 4. The van der Waals surface area contributed by atoms with Gasteiger partial charge in [-0.1, -0.05) is 0 Å². The Morgan fingerprint density at radius 2 is 1.49 bits per heavy atom. The van der Waals surface area contributed by atoms with Crippen molar-refractivity contribution < 1.29 is 49.3 Å². The number of carbonyl (C=O) groups excluding carboxylic acids is 1. The summed E-state index contributed by atoms with van der Waals surface area (Å²) >= 11 is 0. The van der Waals surface area contributed by atoms with Crippen molar-refractivity contribution in [3.05, 3.63) is 0 Å². The molecular formula is C20H39N5O10. The normalized spacial score (nSPS) is 49.0. The minimum atomic E-state index is -1.47. The fourth-order valence-corrected chi connectivity index (χ4v) is 4.79. The van der Waals surface area contributed by atoms with E-state index in [1.165, 1.54) is 6.92 Å². The average Bonchev–Trinajstić information content (AvgIpc) is 2.80. The summed E-state index contributed by atoms with van der Waals surface area (Å²) in [6.45, 7) is 0.729. The third-order valence-corrected chi connectivity index (χ3v) is 6.76. The predicted octanol–water partition coefficient (Wildman–Crippen LogP) is -6.12. The lowest BCUT2D eigenvalue weighted by atomic mass is 9.84. The van der Waals surface area contributed by atoms with Gasteiger partial charge in [0.2, 0.25) is 5.91 Å². The molecule has 0 radical (unpaired) electrons. The van der Waals surface area contributed by atoms with Crippen molar-refractivity contribution in [2.24, 2.45) is 22.9 Å². The molecule has 0 unspecified atom stereocenters. The maximum atomic E-state index is 11.7. The zero-order chi connectivity index (χ0) is 26.0. The first-order valence-electron chi connectivity index (χ1n) is 11.7. The first-order valence-corrected chi connectivity index (χ1v) is 11.7. The fourth-order valence-electron chi connectivity index (χ4n) is 4.79. The Labute approximate surface area is 202 Å². The lowest BCUT2D eigenvalue weighted by molar-refractivity contribution is -0.315. The Morgan fingerprint density at radius 1 is 0.914 bits per heavy atom. The Bertz CT molecular complexity index is 707. The summed E-state index contributed by atoms with van der Waals surface area (Å²) in [6.07, 6.45) is -11.5. The van der Waals surface area contributed by atoms with E-state index in [9.17, 15) is 30.3 Å². The second-order valence-electron chi connectivity index (χ2n) is 9.43. The maximum absolute atomic E-state index is 11.7. The summed E-state index contributed by atoms with van der Waals surface area (Å²) in [5.74, 6) is -0.372. The lowest BCUT2D eigenvalue weighted by Crippen LogP contribution is -2.68. The standard InChI is InChI=1S/C20H39N5O10/c1-6(27)25-9-3-10(28)11(4-21)32-19(9)34-17-7(22)2-8(23)18(16(17)31)35-20-15(30)13(24)14(29)12(5-26)33-20/h7-20,26,28-31H,2-5,21-24H2,1H3,(H,25,27)/t7-,8+,9+,10-,11+,12+,13-,14+,15+,16-,17+,18-,19+,20+/m0/s1. The molecule has 0 bridgehead atoms. The molecule has 0 aromatic carbocycles. The summed E-state index contributed by atoms with van der Waals surface area (Å²) < 4.78 is 23.0. The largest absolute Gasteiger partial charge is 0.394 e. The van der Waals surface area contributed by atoms with Gasteiger partial charge in [-0.2, -0.15) is 0 Å². The van der Waals surface area contributed by atoms with Crippen molar-refractivity contribution in [2.45, 2.75) is 105 Å². The fraction of sp³-hybridized carbons (Fsp3) is 0.950. The highest BCUT2D eigenvalue weighted by atomic mass is 16.7. The summed E-state index contributed by atoms with van der Waals surface area (Å²) in [5.41, 5.74) is 23.9. The number of hydrogen-bond acceptors (Lipinski definition) is 14. The number of nitrogens with one attached hydrogen (secondary N) is 1. The van der Waals surface area contributed by atoms with Gasteiger partial charge < -0.3 is 72.7 Å². The Balaban J connectivity index is 1.75. The number of hydrogen-bond donors (Lipinski definition) is 10. The van der Waals surface area contributed by atoms with E-state index in [-0.39, 0.29) is 25.3 Å². The summed E-state index contributed by atoms with van der Waals surface area (Å²) in [5, 5.41) is 53.9. The van der Waals surface area contributed by atoms with Crippen molar-refractivity contribution >= 4 is 5.91 Å². The molecule has 2 heterocycles. The van der Waals surface area contributed by atoms with Crippen LogP contribution < -0.4 is 28.3 Å². The molecule has 14 atom stereocenters. The van der Waals surface area contributed by atoms with Crippen LogP contribution in [0.15, 0.2) is 0 Å². The average molecular weight is 510 g/mol. The Kier molecular flexibility index (Phi) is 9.78. The smallest absolute Gasteiger partial charge is 0.217 e. The van der Waals surface area contributed by atoms with Gasteiger partial charge >= 0.3 is 0 Å². The van der Waals surface area contributed by atoms with E-state index < -0.39 is 92.2 Å². The topological polar surface area (TPSA) is 271 Å². The highest BCUT2D eigenvalue weighted by Gasteiger charge is 2.50. The van der Waals surface area contributed by atoms with Crippen LogP contribution in [0.5, 0.6) is 0 Å². The van der Waals surface area contributed by atoms with Crippen LogP contribution in [0.1, 0.15) is 19.8 Å². The maximum Gasteiger partial charge on any atom is 0.217 e. The second kappa shape index (κ2) is 12.0. The number of aliphatic hydroxyl groups excluding tert-OH is 5. The van der Waals surface area contributed by atoms with Crippen LogP contribution in [0.2, 0.25) is 0 Å². The first kappa shape index (κ1) is 28.5. The number of carbonyl (C=O) groups is 1. The zero-order valence-corrected chi connectivity index (χ0v) is 19.5. The van der Waals surface area contributed by atoms with Crippen molar-refractivity contribution in [1.29, 1.82) is 0 Å². The van der Waals surface area contributed by atoms with Crippen LogP contribution in [-0.4, -0.2) is 130 Å². The van der Waals surface area contributed by atoms with Gasteiger partial charge in [0.25, 0.3) is 0 Å². The van der Waals surface area contributed by atoms with Gasteiger partial charge in [-0.15, -0.1) is 0 Å². The van der Waals surface area contributed by atoms with E-state index in [2.05, 4.69) is 5.32 Å². The molecule has 0 spiro atoms. The summed E-state index contributed by atoms with van der Waals surface area (Å²) in [4.78, 5) is 11.7. The minimum Gasteiger partial charge on any atom is -0.394 e. The predicted molar refractivity (Wildman–Crippen MR) is 118 cm³/mol. The lowest BCUT2D eigenvalue weighted by Gasteiger charge is -2.48. The van der Waals surface area contributed by atoms with Crippen LogP contribution in [0.3, 0.4) is 0 Å². The molecule has 35 heavy (non-hydrogen) atoms. The molecule has 14 N–H and O–H groups in total. The van der Waals surface area contributed by atoms with Crippen LogP contribution in [-0.2, 0) is 23.7 Å². The molecule has 3 rings (SSSR count). The zero-order valence-electron chi connectivity index (χ0n) is 19.5. The van der Waals surface area contributed by atoms with Gasteiger partial charge in [0, 0.05) is 32.0 Å². The number of amides is 1. The summed E-state index contributed by atoms with van der Waals surface area (Å²) in [7, 11) is 0. The molecule has 1 amide bonds. The van der Waals surface area contributed by atoms with Crippen molar-refractivity contribution in [1.82, 2.24) is 5.32 Å². The number of aliphatic hydroxyl groups is 5. The minimum absolute atomic E-state index is 0.00125. The molecule has 0 aromatic rings. The van der Waals surface area contributed by atoms with Gasteiger partial charge in [-0.25, -0.2) is 0 Å². The van der Waals surface area contributed by atoms with E-state index in [1.807, 2.05) is 0 Å². The quantitative estimate of drug-likeness (QED) is 0.153. The highest BCUT2D eigenvalue weighted by molar-refractivity contribution is 5.73. The van der Waals surface area contributed by atoms with E-state index in [1.54, 1.807) is 0 Å². The molecule has 15 nitrogen and oxygen atoms in total. The van der Waals surface area contributed by atoms with Crippen LogP contribution >= 0.6 is 0 Å². The highest BCUT2D eigenvalue weighted by Crippen LogP contribution is 2.31. The molecule has 1 saturated carbocycles. The third-order valence-electron chi connectivity index (χ3n) is 6.76. The molecule has 3 fully saturated rings. The van der Waals surface area contributed by atoms with E-state index in [0.29, 0.717) is 0 Å². The van der Waals surface area contributed by atoms with Gasteiger partial charge in [0.1, 0.15) is 36.6 Å². The van der Waals surface area contributed by atoms with Gasteiger partial charge in [-0.3, -0.25) is 4.79 Å². The van der Waals surface area contributed by atoms with E-state index in [4.69, 9.17) is 41.9 Å². The van der Waals surface area contributed by atoms with Crippen molar-refractivity contribution in [2.75, 3.05) is 13.2 Å². The third kappa shape index (κ3) is 6.27. The van der Waals surface area contributed by atoms with Gasteiger partial charge in [0.15, 0.2) is 12.6 Å². The SMILES string of the molecule is CC(=O)N[C@@H]1C[C@H](O)[C@@H](CN)O[C@@H]1O[C@H]1[C@H](O)[C@@H](O[C@H]2O[C@H](CO)[C@@H](O)[C@H](N)[C@H]2O)[C@H](N)C[C@@H]1N. The number of nitrogens with two attached hydrogens (primary N) is 4. The Morgan fingerprint density at radius 3 is 2.03 bits per heavy atom. The molecule has 0 aromatic heterocycles. The van der Waals surface area contributed by atoms with Crippen LogP contribution in [0.4, 0.5) is 0 Å². The van der Waals surface area contributed by atoms with Crippen molar-refractivity contribution in [3.8, 4) is 0 Å². The first-order chi connectivity index (χ1) is 16.5. The molecule has 204 valence electrons. The van der Waals surface area contributed by atoms with Gasteiger partial charge in [-0.05, 0) is 6.42 Å². The van der Waals surface area contributed by atoms with Gasteiger partial charge in [0.05, 0.1) is 30.9 Å². The van der Waals surface area contributed by atoms with Crippen molar-refractivity contribution in [3.63, 3.8) is 0 Å². The van der Waals surface area contributed by atoms with Crippen LogP contribution in [0.25, 0.3) is 0 Å². The Hall–Kier alpha value is -1.05. The second-order valence-corrected chi connectivity index (χ2v) is 9.43. The van der Waals surface area contributed by atoms with Crippen LogP contribution in [0, 0.1) is 0 Å². The summed E-state index contributed by atoms with van der Waals surface area (Å²) in [6, 6.07) is -3.46. The number of rotatable bonds is 7. The molecule has 3 aliphatic rings. The molecule has 2 saturated heterocycles. The molecular weight excluding hydrogens is 470 g/mol. The molecule has 15 heteroatoms. The molecule has 1 aliphatic carbocycles.